The highest BCUT2D eigenvalue weighted by atomic mass is 35.5. The first-order chi connectivity index (χ1) is 42.0. The van der Waals surface area contributed by atoms with Crippen LogP contribution in [0, 0.1) is 6.92 Å². The summed E-state index contributed by atoms with van der Waals surface area (Å²) in [6.07, 6.45) is 2.56. The zero-order valence-corrected chi connectivity index (χ0v) is 52.2. The number of aryl methyl sites for hydroxylation is 1. The Labute approximate surface area is 524 Å². The van der Waals surface area contributed by atoms with Crippen LogP contribution in [0.1, 0.15) is 50.8 Å². The molecular weight excluding hydrogens is 1210 g/mol. The van der Waals surface area contributed by atoms with Gasteiger partial charge in [-0.15, -0.1) is 0 Å². The molecule has 0 unspecified atom stereocenters. The van der Waals surface area contributed by atoms with Gasteiger partial charge >= 0.3 is 0 Å². The van der Waals surface area contributed by atoms with Crippen LogP contribution in [0.4, 0.5) is 0 Å². The smallest absolute Gasteiger partial charge is 0.297 e. The highest BCUT2D eigenvalue weighted by molar-refractivity contribution is 7.92. The molecule has 2 aromatic heterocycles. The first-order valence-corrected chi connectivity index (χ1v) is 33.6. The lowest BCUT2D eigenvalue weighted by Crippen LogP contribution is -2.27. The zero-order valence-electron chi connectivity index (χ0n) is 48.3. The third-order valence-corrected chi connectivity index (χ3v) is 20.0. The molecule has 12 rings (SSSR count). The van der Waals surface area contributed by atoms with Crippen LogP contribution in [0.15, 0.2) is 219 Å². The van der Waals surface area contributed by atoms with Crippen LogP contribution in [0.25, 0.3) is 43.4 Å². The normalized spacial score (nSPS) is 12.6. The SMILES string of the molecule is C.C1CCOC1.CCN(CC)CCOc1ccc2c(c1)c(S(=O)(=O)c1cccc3ccccc13)nn2Cc1cccc(Cl)c1.Cc1ccc(S(=O)(=O)OCCOc2ccc3c(c2)c(S(=O)(=O)c2cccc4ccccc24)nn3Cc2cccc(Cl)c2)cc1. The van der Waals surface area contributed by atoms with Gasteiger partial charge < -0.3 is 19.1 Å². The fourth-order valence-corrected chi connectivity index (χ4v) is 14.7. The Morgan fingerprint density at radius 1 is 0.511 bits per heavy atom. The fraction of sp³-hybridized carbons (Fsp3) is 0.235. The largest absolute Gasteiger partial charge is 0.492 e. The summed E-state index contributed by atoms with van der Waals surface area (Å²) in [7, 11) is -12.0. The van der Waals surface area contributed by atoms with Crippen molar-refractivity contribution in [1.82, 2.24) is 24.5 Å². The molecule has 0 bridgehead atoms. The first-order valence-electron chi connectivity index (χ1n) is 28.5. The molecular formula is C68H69Cl2N5O10S3. The van der Waals surface area contributed by atoms with E-state index in [2.05, 4.69) is 28.9 Å². The van der Waals surface area contributed by atoms with Crippen LogP contribution in [-0.2, 0) is 51.8 Å². The second-order valence-electron chi connectivity index (χ2n) is 20.6. The molecule has 0 radical (unpaired) electrons. The summed E-state index contributed by atoms with van der Waals surface area (Å²) in [6, 6.07) is 56.9. The lowest BCUT2D eigenvalue weighted by molar-refractivity contribution is 0.198. The van der Waals surface area contributed by atoms with Crippen molar-refractivity contribution in [3.05, 3.63) is 221 Å². The van der Waals surface area contributed by atoms with E-state index in [1.807, 2.05) is 104 Å². The molecule has 1 fully saturated rings. The Balaban J connectivity index is 0.000000193. The van der Waals surface area contributed by atoms with E-state index in [1.54, 1.807) is 94.3 Å². The standard InChI is InChI=1S/C33H27ClN2O6S2.C30H30ClN3O3S.C4H8O.CH4/c1-23-12-15-28(16-13-23)44(39,40)42-19-18-41-27-14-17-31-30(21-27)33(35-36(31)22-24-6-4-9-26(34)20-24)43(37,38)32-11-5-8-25-7-2-3-10-29(25)32;1-3-33(4-2)17-18-37-25-15-16-28-27(20-25)30(32-34(28)21-22-9-7-12-24(31)19-22)38(35,36)29-14-8-11-23-10-5-6-13-26(23)29;1-2-4-5-3-1;/h2-17,20-21H,18-19,22H2,1H3;5-16,19-20H,3-4,17-18,21H2,1-2H3;1-4H2;1H4. The summed E-state index contributed by atoms with van der Waals surface area (Å²) in [4.78, 5) is 2.71. The molecule has 9 aromatic carbocycles. The van der Waals surface area contributed by atoms with E-state index in [9.17, 15) is 25.3 Å². The van der Waals surface area contributed by atoms with Crippen LogP contribution < -0.4 is 9.47 Å². The van der Waals surface area contributed by atoms with Gasteiger partial charge in [0.25, 0.3) is 10.1 Å². The summed E-state index contributed by atoms with van der Waals surface area (Å²) >= 11 is 12.4. The van der Waals surface area contributed by atoms with Gasteiger partial charge in [0.15, 0.2) is 10.1 Å². The van der Waals surface area contributed by atoms with Gasteiger partial charge in [0.05, 0.1) is 38.8 Å². The van der Waals surface area contributed by atoms with Gasteiger partial charge in [-0.1, -0.05) is 159 Å². The molecule has 0 saturated carbocycles. The van der Waals surface area contributed by atoms with Gasteiger partial charge in [0.2, 0.25) is 19.7 Å². The highest BCUT2D eigenvalue weighted by Gasteiger charge is 2.30. The molecule has 88 heavy (non-hydrogen) atoms. The Kier molecular flexibility index (Phi) is 21.4. The van der Waals surface area contributed by atoms with Crippen LogP contribution in [0.5, 0.6) is 11.5 Å². The summed E-state index contributed by atoms with van der Waals surface area (Å²) in [5.74, 6) is 0.951. The van der Waals surface area contributed by atoms with E-state index in [4.69, 9.17) is 41.6 Å². The molecule has 0 amide bonds. The molecule has 1 aliphatic heterocycles. The first kappa shape index (κ1) is 64.8. The summed E-state index contributed by atoms with van der Waals surface area (Å²) in [5.41, 5.74) is 3.99. The van der Waals surface area contributed by atoms with Crippen molar-refractivity contribution in [2.24, 2.45) is 0 Å². The molecule has 20 heteroatoms. The van der Waals surface area contributed by atoms with E-state index in [0.29, 0.717) is 67.3 Å². The van der Waals surface area contributed by atoms with Crippen LogP contribution >= 0.6 is 23.2 Å². The predicted molar refractivity (Wildman–Crippen MR) is 349 cm³/mol. The summed E-state index contributed by atoms with van der Waals surface area (Å²) in [6.45, 7) is 11.6. The molecule has 1 aliphatic rings. The predicted octanol–water partition coefficient (Wildman–Crippen LogP) is 14.7. The summed E-state index contributed by atoms with van der Waals surface area (Å²) in [5, 5.41) is 14.1. The van der Waals surface area contributed by atoms with Gasteiger partial charge in [-0.25, -0.2) is 16.8 Å². The highest BCUT2D eigenvalue weighted by Crippen LogP contribution is 2.36. The molecule has 0 N–H and O–H groups in total. The number of fused-ring (bicyclic) bond motifs is 4. The Hall–Kier alpha value is -7.65. The quantitative estimate of drug-likeness (QED) is 0.0520. The number of sulfone groups is 2. The van der Waals surface area contributed by atoms with Crippen LogP contribution in [0.3, 0.4) is 0 Å². The van der Waals surface area contributed by atoms with Gasteiger partial charge in [0.1, 0.15) is 31.3 Å². The number of rotatable bonds is 20. The minimum atomic E-state index is -4.08. The Morgan fingerprint density at radius 2 is 0.966 bits per heavy atom. The maximum Gasteiger partial charge on any atom is 0.297 e. The molecule has 458 valence electrons. The average molecular weight is 1280 g/mol. The Morgan fingerprint density at radius 3 is 1.42 bits per heavy atom. The molecule has 3 heterocycles. The number of ether oxygens (including phenoxy) is 3. The minimum absolute atomic E-state index is 0. The van der Waals surface area contributed by atoms with E-state index in [1.165, 1.54) is 25.0 Å². The molecule has 1 saturated heterocycles. The third-order valence-electron chi connectivity index (χ3n) is 14.7. The van der Waals surface area contributed by atoms with Crippen molar-refractivity contribution in [3.63, 3.8) is 0 Å². The number of nitrogens with zero attached hydrogens (tertiary/aromatic N) is 5. The monoisotopic (exact) mass is 1280 g/mol. The number of hydrogen-bond acceptors (Lipinski definition) is 13. The fourth-order valence-electron chi connectivity index (χ4n) is 10.2. The van der Waals surface area contributed by atoms with Crippen LogP contribution in [-0.4, -0.2) is 102 Å². The molecule has 0 atom stereocenters. The van der Waals surface area contributed by atoms with Gasteiger partial charge in [0, 0.05) is 51.3 Å². The van der Waals surface area contributed by atoms with Gasteiger partial charge in [-0.05, 0) is 140 Å². The van der Waals surface area contributed by atoms with E-state index < -0.39 is 29.8 Å². The van der Waals surface area contributed by atoms with Gasteiger partial charge in [-0.3, -0.25) is 13.5 Å². The maximum atomic E-state index is 14.2. The summed E-state index contributed by atoms with van der Waals surface area (Å²) < 4.78 is 107. The van der Waals surface area contributed by atoms with Crippen molar-refractivity contribution < 1.29 is 43.6 Å². The van der Waals surface area contributed by atoms with Crippen molar-refractivity contribution in [2.45, 2.75) is 78.9 Å². The lowest BCUT2D eigenvalue weighted by atomic mass is 10.1. The van der Waals surface area contributed by atoms with Crippen molar-refractivity contribution in [3.8, 4) is 11.5 Å². The number of halogens is 2. The molecule has 0 aliphatic carbocycles. The van der Waals surface area contributed by atoms with E-state index in [-0.39, 0.29) is 51.9 Å². The van der Waals surface area contributed by atoms with Crippen molar-refractivity contribution in [1.29, 1.82) is 0 Å². The molecule has 0 spiro atoms. The number of aromatic nitrogens is 4. The lowest BCUT2D eigenvalue weighted by Gasteiger charge is -2.18. The minimum Gasteiger partial charge on any atom is -0.492 e. The van der Waals surface area contributed by atoms with E-state index >= 15 is 0 Å². The number of benzene rings is 9. The second-order valence-corrected chi connectivity index (χ2v) is 26.8. The molecule has 11 aromatic rings. The number of hydrogen-bond donors (Lipinski definition) is 0. The van der Waals surface area contributed by atoms with Gasteiger partial charge in [-0.2, -0.15) is 18.6 Å². The van der Waals surface area contributed by atoms with Crippen molar-refractivity contribution in [2.75, 3.05) is 52.7 Å². The maximum absolute atomic E-state index is 14.2. The Bertz CT molecular complexity index is 4550. The average Bonchev–Trinajstić information content (AvgIpc) is 2.04. The third kappa shape index (κ3) is 15.2. The van der Waals surface area contributed by atoms with E-state index in [0.717, 1.165) is 60.3 Å². The zero-order chi connectivity index (χ0) is 61.1. The topological polar surface area (TPSA) is 178 Å². The van der Waals surface area contributed by atoms with Crippen LogP contribution in [0.2, 0.25) is 10.0 Å². The van der Waals surface area contributed by atoms with Crippen molar-refractivity contribution >= 4 is 96.3 Å². The molecule has 15 nitrogen and oxygen atoms in total. The second kappa shape index (κ2) is 29.1. The number of likely N-dealkylation sites (N-methyl/N-ethyl adjacent to an activating group) is 1.